The molecule has 0 aliphatic heterocycles. The predicted octanol–water partition coefficient (Wildman–Crippen LogP) is 11.8. The Hall–Kier alpha value is -6.27. The fraction of sp³-hybridized carbons (Fsp3) is 0.154. The summed E-state index contributed by atoms with van der Waals surface area (Å²) >= 11 is 0. The van der Waals surface area contributed by atoms with Crippen molar-refractivity contribution in [3.63, 3.8) is 0 Å². The van der Waals surface area contributed by atoms with Gasteiger partial charge < -0.3 is 18.7 Å². The first-order chi connectivity index (χ1) is 30.5. The molecule has 0 saturated heterocycles. The molecule has 4 heterocycles. The number of rotatable bonds is 5. The molecule has 0 fully saturated rings. The number of nitrogens with zero attached hydrogens (tertiary/aromatic N) is 4. The van der Waals surface area contributed by atoms with Crippen LogP contribution in [-0.2, 0) is 20.1 Å². The van der Waals surface area contributed by atoms with Crippen LogP contribution in [0.1, 0.15) is 70.0 Å². The number of aryl methyl sites for hydroxylation is 2. The minimum atomic E-state index is -2.18. The molecule has 4 aromatic heterocycles. The van der Waals surface area contributed by atoms with Crippen molar-refractivity contribution < 1.29 is 28.3 Å². The van der Waals surface area contributed by atoms with Crippen LogP contribution in [0.3, 0.4) is 0 Å². The molecule has 0 aliphatic carbocycles. The number of imidazole rings is 1. The second-order valence-electron chi connectivity index (χ2n) is 15.1. The minimum absolute atomic E-state index is 0. The predicted molar refractivity (Wildman–Crippen MR) is 239 cm³/mol. The van der Waals surface area contributed by atoms with Crippen molar-refractivity contribution in [2.45, 2.75) is 53.2 Å². The monoisotopic (exact) mass is 953 g/mol. The Morgan fingerprint density at radius 2 is 1.27 bits per heavy atom. The average Bonchev–Trinajstić information content (AvgIpc) is 3.67. The molecule has 10 rings (SSSR count). The molecule has 0 spiro atoms. The van der Waals surface area contributed by atoms with Gasteiger partial charge in [-0.3, -0.25) is 9.78 Å². The van der Waals surface area contributed by atoms with Gasteiger partial charge in [0.15, 0.2) is 5.43 Å². The average molecular weight is 953 g/mol. The van der Waals surface area contributed by atoms with Crippen molar-refractivity contribution in [3.05, 3.63) is 188 Å². The summed E-state index contributed by atoms with van der Waals surface area (Å²) in [5, 5.41) is 2.06. The second-order valence-corrected chi connectivity index (χ2v) is 15.1. The van der Waals surface area contributed by atoms with Crippen molar-refractivity contribution in [2.75, 3.05) is 0 Å². The number of hydrogen-bond donors (Lipinski definition) is 0. The Kier molecular flexibility index (Phi) is 8.76. The van der Waals surface area contributed by atoms with E-state index in [0.29, 0.717) is 49.7 Å². The molecule has 0 unspecified atom stereocenters. The summed E-state index contributed by atoms with van der Waals surface area (Å²) in [6, 6.07) is 45.6. The number of fused-ring (bicyclic) bond motifs is 5. The molecule has 59 heavy (non-hydrogen) atoms. The number of aromatic nitrogens is 4. The van der Waals surface area contributed by atoms with Crippen LogP contribution in [0.25, 0.3) is 77.5 Å². The van der Waals surface area contributed by atoms with E-state index in [1.54, 1.807) is 12.1 Å². The summed E-state index contributed by atoms with van der Waals surface area (Å²) in [5.41, 5.74) is 9.36. The zero-order chi connectivity index (χ0) is 45.2. The van der Waals surface area contributed by atoms with Crippen LogP contribution in [0.4, 0.5) is 0 Å². The van der Waals surface area contributed by atoms with Crippen molar-refractivity contribution in [1.29, 1.82) is 0 Å². The molecular weight excluding hydrogens is 905 g/mol. The van der Waals surface area contributed by atoms with E-state index >= 15 is 0 Å². The molecule has 7 heteroatoms. The topological polar surface area (TPSA) is 69.3 Å². The molecule has 6 nitrogen and oxygen atoms in total. The zero-order valence-electron chi connectivity index (χ0n) is 38.8. The van der Waals surface area contributed by atoms with E-state index in [2.05, 4.69) is 73.6 Å². The van der Waals surface area contributed by atoms with E-state index in [1.165, 1.54) is 35.5 Å². The van der Waals surface area contributed by atoms with Gasteiger partial charge >= 0.3 is 0 Å². The number of para-hydroxylation sites is 5. The summed E-state index contributed by atoms with van der Waals surface area (Å²) in [6.45, 7) is 4.48. The van der Waals surface area contributed by atoms with Gasteiger partial charge in [-0.05, 0) is 82.3 Å². The molecule has 0 amide bonds. The van der Waals surface area contributed by atoms with E-state index in [4.69, 9.17) is 13.2 Å². The van der Waals surface area contributed by atoms with Crippen molar-refractivity contribution in [1.82, 2.24) is 18.9 Å². The second kappa shape index (κ2) is 15.8. The number of hydrogen-bond acceptors (Lipinski definition) is 4. The maximum absolute atomic E-state index is 14.2. The van der Waals surface area contributed by atoms with Gasteiger partial charge in [0, 0.05) is 56.5 Å². The normalized spacial score (nSPS) is 13.5. The molecule has 10 aromatic rings. The third-order valence-corrected chi connectivity index (χ3v) is 10.7. The van der Waals surface area contributed by atoms with Crippen LogP contribution in [0.15, 0.2) is 143 Å². The summed E-state index contributed by atoms with van der Waals surface area (Å²) in [4.78, 5) is 37.6. The largest absolute Gasteiger partial charge is 0.342 e. The Morgan fingerprint density at radius 3 is 1.88 bits per heavy atom. The molecule has 1 radical (unpaired) electrons. The third kappa shape index (κ3) is 6.84. The first kappa shape index (κ1) is 32.7. The standard InChI is InChI=1S/C39H30N3O2.C13H12N.Ir/c1-22(2)25-14-11-15-26(23(3)4)35(25)42-34-19-10-7-16-31(34)40-39(42)24-20-29-36-30(21-24)38(44)28-13-6-9-18-33(28)41(36)32-17-8-5-12-27(32)37(29)43;1-10-3-6-12(7-4-10)13-8-5-11(2)9-14-13;/h5-20,22-23H,1-4H3;3-6,8-9H,1-2H3;/q2*-1;/i;1D3,2D3;. The Bertz CT molecular complexity index is 3340. The van der Waals surface area contributed by atoms with Gasteiger partial charge in [0.1, 0.15) is 5.43 Å². The van der Waals surface area contributed by atoms with Gasteiger partial charge in [-0.2, -0.15) is 0 Å². The van der Waals surface area contributed by atoms with Crippen LogP contribution < -0.4 is 10.9 Å². The van der Waals surface area contributed by atoms with E-state index in [-0.39, 0.29) is 53.9 Å². The van der Waals surface area contributed by atoms with Gasteiger partial charge in [0.25, 0.3) is 0 Å². The summed E-state index contributed by atoms with van der Waals surface area (Å²) in [7, 11) is 0. The molecule has 6 aromatic carbocycles. The number of pyridine rings is 3. The molecule has 0 bridgehead atoms. The SMILES string of the molecule is CC(C)c1cccc(C(C)C)c1-n1c(-c2[c-]c3c(=O)c4ccccc4n4c5ccccc5c(=O)c(c2)c34)nc2ccccc21.[2H]C([2H])([2H])c1c[c-]c(-c2ccc(C([2H])([2H])[2H])cn2)cc1.[Ir]. The maximum atomic E-state index is 14.2. The molecule has 0 atom stereocenters. The fourth-order valence-electron chi connectivity index (χ4n) is 7.98. The van der Waals surface area contributed by atoms with Crippen molar-refractivity contribution >= 4 is 49.1 Å². The minimum Gasteiger partial charge on any atom is -0.342 e. The van der Waals surface area contributed by atoms with Crippen LogP contribution in [0.5, 0.6) is 0 Å². The zero-order valence-corrected chi connectivity index (χ0v) is 35.2. The Balaban J connectivity index is 0.000000232. The smallest absolute Gasteiger partial charge is 0.182 e. The van der Waals surface area contributed by atoms with Gasteiger partial charge in [-0.25, -0.2) is 0 Å². The summed E-state index contributed by atoms with van der Waals surface area (Å²) in [5.74, 6) is 1.18. The molecule has 0 N–H and O–H groups in total. The maximum Gasteiger partial charge on any atom is 0.182 e. The molecule has 293 valence electrons. The van der Waals surface area contributed by atoms with Crippen molar-refractivity contribution in [3.8, 4) is 28.3 Å². The fourth-order valence-corrected chi connectivity index (χ4v) is 7.98. The van der Waals surface area contributed by atoms with Crippen LogP contribution in [0, 0.1) is 25.8 Å². The Morgan fingerprint density at radius 1 is 0.644 bits per heavy atom. The molecular formula is C52H42IrN4O2-2. The van der Waals surface area contributed by atoms with E-state index in [9.17, 15) is 9.59 Å². The van der Waals surface area contributed by atoms with Gasteiger partial charge in [0.2, 0.25) is 0 Å². The summed E-state index contributed by atoms with van der Waals surface area (Å²) in [6.07, 6.45) is 1.30. The first-order valence-electron chi connectivity index (χ1n) is 22.3. The van der Waals surface area contributed by atoms with Gasteiger partial charge in [-0.1, -0.05) is 118 Å². The Labute approximate surface area is 365 Å². The molecule has 0 saturated carbocycles. The quantitative estimate of drug-likeness (QED) is 0.0979. The third-order valence-electron chi connectivity index (χ3n) is 10.7. The number of benzene rings is 6. The van der Waals surface area contributed by atoms with E-state index in [1.807, 2.05) is 77.2 Å². The van der Waals surface area contributed by atoms with Gasteiger partial charge in [0.05, 0.1) is 22.4 Å². The van der Waals surface area contributed by atoms with Crippen LogP contribution >= 0.6 is 0 Å². The van der Waals surface area contributed by atoms with Crippen LogP contribution in [-0.4, -0.2) is 18.9 Å². The van der Waals surface area contributed by atoms with Crippen LogP contribution in [0.2, 0.25) is 0 Å². The first-order valence-corrected chi connectivity index (χ1v) is 19.3. The van der Waals surface area contributed by atoms with Gasteiger partial charge in [-0.15, -0.1) is 47.5 Å². The van der Waals surface area contributed by atoms with E-state index < -0.39 is 13.7 Å². The molecule has 0 aliphatic rings. The summed E-state index contributed by atoms with van der Waals surface area (Å²) < 4.78 is 47.9. The van der Waals surface area contributed by atoms with Crippen molar-refractivity contribution in [2.24, 2.45) is 0 Å². The van der Waals surface area contributed by atoms with E-state index in [0.717, 1.165) is 27.8 Å².